The molecule has 8 heteroatoms. The lowest BCUT2D eigenvalue weighted by atomic mass is 10.2. The highest BCUT2D eigenvalue weighted by Gasteiger charge is 2.21. The Morgan fingerprint density at radius 3 is 2.54 bits per heavy atom. The van der Waals surface area contributed by atoms with E-state index in [2.05, 4.69) is 41.0 Å². The number of hydrogen-bond donors (Lipinski definition) is 1. The molecule has 0 unspecified atom stereocenters. The molecule has 1 aromatic heterocycles. The fourth-order valence-electron chi connectivity index (χ4n) is 2.52. The fourth-order valence-corrected chi connectivity index (χ4v) is 3.19. The molecule has 1 aliphatic heterocycles. The molecule has 1 aromatic carbocycles. The van der Waals surface area contributed by atoms with E-state index in [9.17, 15) is 0 Å². The van der Waals surface area contributed by atoms with Gasteiger partial charge >= 0.3 is 0 Å². The summed E-state index contributed by atoms with van der Waals surface area (Å²) in [6.07, 6.45) is 3.53. The molecule has 1 saturated heterocycles. The summed E-state index contributed by atoms with van der Waals surface area (Å²) in [5.41, 5.74) is 1.95. The molecule has 0 spiro atoms. The monoisotopic (exact) mass is 425 g/mol. The summed E-state index contributed by atoms with van der Waals surface area (Å²) in [5, 5.41) is 4.76. The molecule has 1 aliphatic rings. The molecule has 2 aromatic rings. The zero-order chi connectivity index (χ0) is 17.1. The van der Waals surface area contributed by atoms with Crippen molar-refractivity contribution < 1.29 is 0 Å². The summed E-state index contributed by atoms with van der Waals surface area (Å²) >= 11 is 15.1. The Kier molecular flexibility index (Phi) is 5.53. The van der Waals surface area contributed by atoms with Crippen molar-refractivity contribution >= 4 is 56.5 Å². The van der Waals surface area contributed by atoms with Gasteiger partial charge in [0.2, 0.25) is 5.95 Å². The van der Waals surface area contributed by atoms with Gasteiger partial charge in [-0.25, -0.2) is 9.97 Å². The minimum absolute atomic E-state index is 0.719. The molecule has 0 amide bonds. The van der Waals surface area contributed by atoms with E-state index < -0.39 is 0 Å². The Labute approximate surface area is 160 Å². The minimum Gasteiger partial charge on any atom is -0.345 e. The lowest BCUT2D eigenvalue weighted by molar-refractivity contribution is 0.388. The second-order valence-corrected chi connectivity index (χ2v) is 7.23. The van der Waals surface area contributed by atoms with Gasteiger partial charge in [0, 0.05) is 49.3 Å². The van der Waals surface area contributed by atoms with E-state index in [0.717, 1.165) is 58.0 Å². The summed E-state index contributed by atoms with van der Waals surface area (Å²) in [5.74, 6) is 0.752. The first-order chi connectivity index (χ1) is 11.5. The standard InChI is InChI=1S/C16H17BrClN5S/c1-11-13(18)3-2-4-14(11)21-16(24)23-7-5-22(6-8-23)15-19-9-12(17)10-20-15/h2-4,9-10H,5-8H2,1H3,(H,21,24). The largest absolute Gasteiger partial charge is 0.345 e. The van der Waals surface area contributed by atoms with Crippen LogP contribution in [-0.4, -0.2) is 46.2 Å². The van der Waals surface area contributed by atoms with Gasteiger partial charge in [-0.15, -0.1) is 0 Å². The van der Waals surface area contributed by atoms with E-state index >= 15 is 0 Å². The first-order valence-electron chi connectivity index (χ1n) is 7.58. The smallest absolute Gasteiger partial charge is 0.225 e. The molecule has 0 radical (unpaired) electrons. The average molecular weight is 427 g/mol. The van der Waals surface area contributed by atoms with E-state index in [-0.39, 0.29) is 0 Å². The van der Waals surface area contributed by atoms with Crippen LogP contribution in [0.3, 0.4) is 0 Å². The van der Waals surface area contributed by atoms with Crippen LogP contribution in [0.15, 0.2) is 35.1 Å². The van der Waals surface area contributed by atoms with Crippen LogP contribution in [0.5, 0.6) is 0 Å². The molecule has 1 fully saturated rings. The second kappa shape index (κ2) is 7.63. The average Bonchev–Trinajstić information content (AvgIpc) is 2.60. The van der Waals surface area contributed by atoms with Crippen LogP contribution in [0.25, 0.3) is 0 Å². The molecule has 0 aliphatic carbocycles. The Hall–Kier alpha value is -1.44. The van der Waals surface area contributed by atoms with Crippen molar-refractivity contribution in [2.24, 2.45) is 0 Å². The number of anilines is 2. The molecular formula is C16H17BrClN5S. The summed E-state index contributed by atoms with van der Waals surface area (Å²) in [6.45, 7) is 5.29. The first-order valence-corrected chi connectivity index (χ1v) is 9.16. The Bertz CT molecular complexity index is 732. The van der Waals surface area contributed by atoms with Crippen molar-refractivity contribution in [3.8, 4) is 0 Å². The van der Waals surface area contributed by atoms with E-state index in [1.807, 2.05) is 25.1 Å². The number of rotatable bonds is 2. The van der Waals surface area contributed by atoms with Crippen molar-refractivity contribution in [3.63, 3.8) is 0 Å². The van der Waals surface area contributed by atoms with Crippen molar-refractivity contribution in [1.29, 1.82) is 0 Å². The van der Waals surface area contributed by atoms with Crippen molar-refractivity contribution in [2.45, 2.75) is 6.92 Å². The highest BCUT2D eigenvalue weighted by molar-refractivity contribution is 9.10. The van der Waals surface area contributed by atoms with Crippen molar-refractivity contribution in [1.82, 2.24) is 14.9 Å². The summed E-state index contributed by atoms with van der Waals surface area (Å²) < 4.78 is 0.882. The lowest BCUT2D eigenvalue weighted by Crippen LogP contribution is -2.50. The van der Waals surface area contributed by atoms with E-state index in [0.29, 0.717) is 0 Å². The van der Waals surface area contributed by atoms with Crippen molar-refractivity contribution in [3.05, 3.63) is 45.7 Å². The molecule has 1 N–H and O–H groups in total. The third-order valence-electron chi connectivity index (χ3n) is 3.97. The normalized spacial score (nSPS) is 14.6. The molecule has 0 atom stereocenters. The van der Waals surface area contributed by atoms with Gasteiger partial charge in [0.1, 0.15) is 0 Å². The van der Waals surface area contributed by atoms with Crippen LogP contribution >= 0.6 is 39.7 Å². The maximum atomic E-state index is 6.16. The molecule has 0 bridgehead atoms. The van der Waals surface area contributed by atoms with Crippen LogP contribution in [0.4, 0.5) is 11.6 Å². The fraction of sp³-hybridized carbons (Fsp3) is 0.312. The Morgan fingerprint density at radius 2 is 1.88 bits per heavy atom. The third-order valence-corrected chi connectivity index (χ3v) is 5.14. The second-order valence-electron chi connectivity index (χ2n) is 5.52. The summed E-state index contributed by atoms with van der Waals surface area (Å²) in [4.78, 5) is 13.0. The Balaban J connectivity index is 1.59. The number of benzene rings is 1. The van der Waals surface area contributed by atoms with Gasteiger partial charge in [0.05, 0.1) is 4.47 Å². The first kappa shape index (κ1) is 17.4. The highest BCUT2D eigenvalue weighted by Crippen LogP contribution is 2.23. The van der Waals surface area contributed by atoms with E-state index in [4.69, 9.17) is 23.8 Å². The number of hydrogen-bond acceptors (Lipinski definition) is 4. The highest BCUT2D eigenvalue weighted by atomic mass is 79.9. The summed E-state index contributed by atoms with van der Waals surface area (Å²) in [7, 11) is 0. The van der Waals surface area contributed by atoms with Crippen LogP contribution < -0.4 is 10.2 Å². The number of nitrogens with one attached hydrogen (secondary N) is 1. The van der Waals surface area contributed by atoms with Crippen molar-refractivity contribution in [2.75, 3.05) is 36.4 Å². The van der Waals surface area contributed by atoms with Gasteiger partial charge in [-0.05, 0) is 52.8 Å². The van der Waals surface area contributed by atoms with Gasteiger partial charge in [0.15, 0.2) is 5.11 Å². The quantitative estimate of drug-likeness (QED) is 0.738. The van der Waals surface area contributed by atoms with Gasteiger partial charge in [0.25, 0.3) is 0 Å². The topological polar surface area (TPSA) is 44.3 Å². The zero-order valence-electron chi connectivity index (χ0n) is 13.2. The molecular weight excluding hydrogens is 410 g/mol. The van der Waals surface area contributed by atoms with Gasteiger partial charge < -0.3 is 15.1 Å². The molecule has 2 heterocycles. The van der Waals surface area contributed by atoms with Crippen LogP contribution in [0.2, 0.25) is 5.02 Å². The number of piperazine rings is 1. The minimum atomic E-state index is 0.719. The molecule has 24 heavy (non-hydrogen) atoms. The predicted octanol–water partition coefficient (Wildman–Crippen LogP) is 3.72. The van der Waals surface area contributed by atoms with Crippen LogP contribution in [-0.2, 0) is 0 Å². The van der Waals surface area contributed by atoms with Gasteiger partial charge in [-0.3, -0.25) is 0 Å². The summed E-state index contributed by atoms with van der Waals surface area (Å²) in [6, 6.07) is 5.78. The van der Waals surface area contributed by atoms with E-state index in [1.165, 1.54) is 0 Å². The van der Waals surface area contributed by atoms with Gasteiger partial charge in [-0.1, -0.05) is 17.7 Å². The molecule has 0 saturated carbocycles. The molecule has 3 rings (SSSR count). The number of halogens is 2. The number of aromatic nitrogens is 2. The van der Waals surface area contributed by atoms with Crippen LogP contribution in [0, 0.1) is 6.92 Å². The lowest BCUT2D eigenvalue weighted by Gasteiger charge is -2.36. The Morgan fingerprint density at radius 1 is 1.21 bits per heavy atom. The zero-order valence-corrected chi connectivity index (χ0v) is 16.3. The SMILES string of the molecule is Cc1c(Cl)cccc1NC(=S)N1CCN(c2ncc(Br)cn2)CC1. The number of nitrogens with zero attached hydrogens (tertiary/aromatic N) is 4. The third kappa shape index (κ3) is 3.96. The maximum absolute atomic E-state index is 6.16. The molecule has 126 valence electrons. The molecule has 5 nitrogen and oxygen atoms in total. The number of thiocarbonyl (C=S) groups is 1. The maximum Gasteiger partial charge on any atom is 0.225 e. The van der Waals surface area contributed by atoms with Crippen LogP contribution in [0.1, 0.15) is 5.56 Å². The van der Waals surface area contributed by atoms with E-state index in [1.54, 1.807) is 12.4 Å². The van der Waals surface area contributed by atoms with Gasteiger partial charge in [-0.2, -0.15) is 0 Å². The predicted molar refractivity (Wildman–Crippen MR) is 106 cm³/mol.